The summed E-state index contributed by atoms with van der Waals surface area (Å²) in [5, 5.41) is 20.5. The van der Waals surface area contributed by atoms with Crippen LogP contribution >= 0.6 is 0 Å². The van der Waals surface area contributed by atoms with Gasteiger partial charge in [-0.1, -0.05) is 19.6 Å². The Morgan fingerprint density at radius 2 is 1.68 bits per heavy atom. The van der Waals surface area contributed by atoms with E-state index in [1.807, 2.05) is 19.1 Å². The van der Waals surface area contributed by atoms with Crippen molar-refractivity contribution >= 4 is 8.07 Å². The van der Waals surface area contributed by atoms with Crippen molar-refractivity contribution in [1.82, 2.24) is 0 Å². The molecule has 0 saturated carbocycles. The molecule has 0 aromatic heterocycles. The smallest absolute Gasteiger partial charge is 0.129 e. The molecule has 0 heterocycles. The van der Waals surface area contributed by atoms with Gasteiger partial charge >= 0.3 is 0 Å². The quantitative estimate of drug-likeness (QED) is 0.599. The molecule has 1 aromatic carbocycles. The molecule has 4 nitrogen and oxygen atoms in total. The van der Waals surface area contributed by atoms with Gasteiger partial charge in [-0.3, -0.25) is 0 Å². The van der Waals surface area contributed by atoms with Gasteiger partial charge in [-0.15, -0.1) is 11.5 Å². The lowest BCUT2D eigenvalue weighted by atomic mass is 9.87. The van der Waals surface area contributed by atoms with Crippen LogP contribution in [0.15, 0.2) is 12.1 Å². The van der Waals surface area contributed by atoms with Crippen LogP contribution in [0.5, 0.6) is 11.5 Å². The van der Waals surface area contributed by atoms with E-state index in [4.69, 9.17) is 9.47 Å². The van der Waals surface area contributed by atoms with E-state index in [0.29, 0.717) is 6.42 Å². The maximum atomic E-state index is 10.4. The van der Waals surface area contributed by atoms with E-state index < -0.39 is 19.8 Å². The van der Waals surface area contributed by atoms with Crippen LogP contribution in [-0.2, 0) is 0 Å². The summed E-state index contributed by atoms with van der Waals surface area (Å²) in [6.45, 7) is 11.7. The normalized spacial score (nSPS) is 14.3. The summed E-state index contributed by atoms with van der Waals surface area (Å²) >= 11 is 0. The summed E-state index contributed by atoms with van der Waals surface area (Å²) < 4.78 is 11.0. The third-order valence-corrected chi connectivity index (χ3v) is 4.91. The highest BCUT2D eigenvalue weighted by molar-refractivity contribution is 6.83. The Morgan fingerprint density at radius 3 is 2.12 bits per heavy atom. The molecule has 1 aromatic rings. The van der Waals surface area contributed by atoms with Crippen molar-refractivity contribution in [2.45, 2.75) is 64.5 Å². The van der Waals surface area contributed by atoms with E-state index in [1.165, 1.54) is 0 Å². The van der Waals surface area contributed by atoms with Crippen LogP contribution in [0.4, 0.5) is 0 Å². The van der Waals surface area contributed by atoms with E-state index in [1.54, 1.807) is 28.1 Å². The fourth-order valence-electron chi connectivity index (χ4n) is 2.43. The van der Waals surface area contributed by atoms with Crippen LogP contribution in [0, 0.1) is 18.4 Å². The van der Waals surface area contributed by atoms with Gasteiger partial charge in [0.25, 0.3) is 0 Å². The summed E-state index contributed by atoms with van der Waals surface area (Å²) in [5.74, 6) is 4.55. The van der Waals surface area contributed by atoms with Crippen molar-refractivity contribution in [3.05, 3.63) is 23.3 Å². The number of ether oxygens (including phenoxy) is 2. The van der Waals surface area contributed by atoms with E-state index in [2.05, 4.69) is 31.1 Å². The molecule has 0 aliphatic carbocycles. The maximum absolute atomic E-state index is 10.4. The zero-order valence-electron chi connectivity index (χ0n) is 16.7. The summed E-state index contributed by atoms with van der Waals surface area (Å²) in [5.41, 5.74) is 4.04. The number of benzene rings is 1. The van der Waals surface area contributed by atoms with Crippen molar-refractivity contribution < 1.29 is 19.7 Å². The third-order valence-electron chi connectivity index (χ3n) is 4.02. The Bertz CT molecular complexity index is 645. The van der Waals surface area contributed by atoms with Gasteiger partial charge in [-0.25, -0.2) is 0 Å². The first-order chi connectivity index (χ1) is 11.4. The monoisotopic (exact) mass is 364 g/mol. The molecule has 140 valence electrons. The van der Waals surface area contributed by atoms with Crippen molar-refractivity contribution in [1.29, 1.82) is 0 Å². The molecule has 5 heteroatoms. The highest BCUT2D eigenvalue weighted by atomic mass is 28.3. The second-order valence-electron chi connectivity index (χ2n) is 8.04. The fourth-order valence-corrected chi connectivity index (χ4v) is 3.03. The lowest BCUT2D eigenvalue weighted by molar-refractivity contribution is -0.0524. The molecule has 2 atom stereocenters. The molecule has 0 amide bonds. The highest BCUT2D eigenvalue weighted by Crippen LogP contribution is 2.36. The zero-order valence-corrected chi connectivity index (χ0v) is 17.7. The lowest BCUT2D eigenvalue weighted by Gasteiger charge is -2.27. The van der Waals surface area contributed by atoms with Gasteiger partial charge in [-0.2, -0.15) is 0 Å². The molecule has 2 N–H and O–H groups in total. The second-order valence-corrected chi connectivity index (χ2v) is 12.8. The number of rotatable bonds is 6. The standard InChI is InChI=1S/C20H32O4Si/c1-14-11-18(24-5)16(13-17(14)23-4)15(9-10-25(6,7)8)12-19(21)20(2,3)22/h11,13,15,19,21-22H,12H2,1-8H3/t15-,19+/m0/s1. The second kappa shape index (κ2) is 8.26. The third kappa shape index (κ3) is 6.39. The Balaban J connectivity index is 3.42. The molecule has 0 bridgehead atoms. The highest BCUT2D eigenvalue weighted by Gasteiger charge is 2.29. The molecule has 0 aliphatic heterocycles. The van der Waals surface area contributed by atoms with Crippen LogP contribution in [0.3, 0.4) is 0 Å². The molecule has 25 heavy (non-hydrogen) atoms. The zero-order chi connectivity index (χ0) is 19.4. The van der Waals surface area contributed by atoms with Crippen molar-refractivity contribution in [3.8, 4) is 23.0 Å². The van der Waals surface area contributed by atoms with E-state index in [9.17, 15) is 10.2 Å². The Kier molecular flexibility index (Phi) is 7.13. The average molecular weight is 365 g/mol. The predicted octanol–water partition coefficient (Wildman–Crippen LogP) is 3.50. The van der Waals surface area contributed by atoms with E-state index in [-0.39, 0.29) is 5.92 Å². The van der Waals surface area contributed by atoms with Gasteiger partial charge < -0.3 is 19.7 Å². The van der Waals surface area contributed by atoms with Crippen molar-refractivity contribution in [2.24, 2.45) is 0 Å². The van der Waals surface area contributed by atoms with Crippen LogP contribution in [-0.4, -0.2) is 44.2 Å². The number of methoxy groups -OCH3 is 2. The first-order valence-corrected chi connectivity index (χ1v) is 12.0. The molecule has 0 radical (unpaired) electrons. The van der Waals surface area contributed by atoms with E-state index >= 15 is 0 Å². The largest absolute Gasteiger partial charge is 0.496 e. The first kappa shape index (κ1) is 21.6. The molecule has 0 fully saturated rings. The van der Waals surface area contributed by atoms with Crippen LogP contribution in [0.2, 0.25) is 19.6 Å². The number of aliphatic hydroxyl groups excluding tert-OH is 1. The summed E-state index contributed by atoms with van der Waals surface area (Å²) in [6.07, 6.45) is -0.575. The van der Waals surface area contributed by atoms with Crippen LogP contribution in [0.1, 0.15) is 37.3 Å². The minimum absolute atomic E-state index is 0.252. The van der Waals surface area contributed by atoms with E-state index in [0.717, 1.165) is 22.6 Å². The SMILES string of the molecule is COc1cc([C@@H](C#C[Si](C)(C)C)C[C@@H](O)C(C)(C)O)c(OC)cc1C. The predicted molar refractivity (Wildman–Crippen MR) is 105 cm³/mol. The molecule has 0 aliphatic rings. The van der Waals surface area contributed by atoms with Gasteiger partial charge in [0.1, 0.15) is 19.6 Å². The summed E-state index contributed by atoms with van der Waals surface area (Å²) in [4.78, 5) is 0. The molecular weight excluding hydrogens is 332 g/mol. The maximum Gasteiger partial charge on any atom is 0.129 e. The van der Waals surface area contributed by atoms with Gasteiger partial charge in [0, 0.05) is 5.56 Å². The molecule has 0 spiro atoms. The number of hydrogen-bond acceptors (Lipinski definition) is 4. The number of aliphatic hydroxyl groups is 2. The van der Waals surface area contributed by atoms with Gasteiger partial charge in [-0.05, 0) is 44.9 Å². The van der Waals surface area contributed by atoms with Crippen molar-refractivity contribution in [2.75, 3.05) is 14.2 Å². The van der Waals surface area contributed by atoms with Crippen LogP contribution in [0.25, 0.3) is 0 Å². The molecular formula is C20H32O4Si. The average Bonchev–Trinajstić information content (AvgIpc) is 2.49. The molecule has 0 unspecified atom stereocenters. The topological polar surface area (TPSA) is 58.9 Å². The first-order valence-electron chi connectivity index (χ1n) is 8.54. The van der Waals surface area contributed by atoms with Crippen LogP contribution < -0.4 is 9.47 Å². The molecule has 1 rings (SSSR count). The summed E-state index contributed by atoms with van der Waals surface area (Å²) in [6, 6.07) is 3.85. The van der Waals surface area contributed by atoms with Gasteiger partial charge in [0.2, 0.25) is 0 Å². The Hall–Kier alpha value is -1.48. The minimum atomic E-state index is -1.59. The number of hydrogen-bond donors (Lipinski definition) is 2. The van der Waals surface area contributed by atoms with Crippen molar-refractivity contribution in [3.63, 3.8) is 0 Å². The Morgan fingerprint density at radius 1 is 1.12 bits per heavy atom. The number of aryl methyl sites for hydroxylation is 1. The van der Waals surface area contributed by atoms with Gasteiger partial charge in [0.15, 0.2) is 0 Å². The van der Waals surface area contributed by atoms with Gasteiger partial charge in [0.05, 0.1) is 31.8 Å². The summed E-state index contributed by atoms with van der Waals surface area (Å²) in [7, 11) is 1.67. The minimum Gasteiger partial charge on any atom is -0.496 e. The lowest BCUT2D eigenvalue weighted by Crippen LogP contribution is -2.37. The molecule has 0 saturated heterocycles. The fraction of sp³-hybridized carbons (Fsp3) is 0.600. The Labute approximate surface area is 153 Å².